The van der Waals surface area contributed by atoms with Crippen LogP contribution in [0.2, 0.25) is 0 Å². The molecule has 2 rings (SSSR count). The molecule has 0 aliphatic carbocycles. The molecule has 1 aliphatic heterocycles. The van der Waals surface area contributed by atoms with Gasteiger partial charge in [0.05, 0.1) is 11.0 Å². The molecule has 1 aliphatic rings. The van der Waals surface area contributed by atoms with Gasteiger partial charge in [-0.1, -0.05) is 0 Å². The third-order valence-electron chi connectivity index (χ3n) is 3.77. The second-order valence-electron chi connectivity index (χ2n) is 5.47. The van der Waals surface area contributed by atoms with Crippen LogP contribution in [0.4, 0.5) is 5.69 Å². The fraction of sp³-hybridized carbons (Fsp3) is 0.600. The molecule has 0 amide bonds. The maximum Gasteiger partial charge on any atom is 0.175 e. The van der Waals surface area contributed by atoms with Gasteiger partial charge in [0, 0.05) is 31.6 Å². The van der Waals surface area contributed by atoms with Crippen LogP contribution in [0.5, 0.6) is 0 Å². The van der Waals surface area contributed by atoms with E-state index in [1.54, 1.807) is 12.1 Å². The molecule has 1 saturated heterocycles. The summed E-state index contributed by atoms with van der Waals surface area (Å²) in [7, 11) is -3.12. The van der Waals surface area contributed by atoms with E-state index >= 15 is 0 Å². The number of sulfone groups is 1. The number of nitrogens with two attached hydrogens (primary N) is 1. The fourth-order valence-electron chi connectivity index (χ4n) is 2.52. The molecule has 1 fully saturated rings. The van der Waals surface area contributed by atoms with E-state index < -0.39 is 9.84 Å². The van der Waals surface area contributed by atoms with Crippen molar-refractivity contribution in [3.8, 4) is 0 Å². The Hall–Kier alpha value is -1.11. The van der Waals surface area contributed by atoms with Crippen molar-refractivity contribution in [1.29, 1.82) is 0 Å². The van der Waals surface area contributed by atoms with E-state index in [-0.39, 0.29) is 0 Å². The van der Waals surface area contributed by atoms with E-state index in [0.29, 0.717) is 17.5 Å². The number of ether oxygens (including phenoxy) is 1. The summed E-state index contributed by atoms with van der Waals surface area (Å²) in [4.78, 5) is 2.64. The van der Waals surface area contributed by atoms with Gasteiger partial charge in [0.2, 0.25) is 0 Å². The largest absolute Gasteiger partial charge is 0.378 e. The predicted molar refractivity (Wildman–Crippen MR) is 84.4 cm³/mol. The van der Waals surface area contributed by atoms with Gasteiger partial charge in [-0.15, -0.1) is 0 Å². The zero-order valence-corrected chi connectivity index (χ0v) is 13.3. The summed E-state index contributed by atoms with van der Waals surface area (Å²) in [6.45, 7) is 3.28. The Balaban J connectivity index is 1.87. The monoisotopic (exact) mass is 312 g/mol. The SMILES string of the molecule is CS(=O)(=O)c1ccc(N2CCC(OCCCN)CC2)cc1. The van der Waals surface area contributed by atoms with Gasteiger partial charge in [-0.25, -0.2) is 8.42 Å². The van der Waals surface area contributed by atoms with Crippen molar-refractivity contribution in [3.63, 3.8) is 0 Å². The average molecular weight is 312 g/mol. The topological polar surface area (TPSA) is 72.6 Å². The van der Waals surface area contributed by atoms with Crippen LogP contribution in [0.15, 0.2) is 29.2 Å². The summed E-state index contributed by atoms with van der Waals surface area (Å²) >= 11 is 0. The van der Waals surface area contributed by atoms with Gasteiger partial charge in [0.1, 0.15) is 0 Å². The molecule has 0 atom stereocenters. The van der Waals surface area contributed by atoms with E-state index in [1.165, 1.54) is 6.26 Å². The first-order valence-electron chi connectivity index (χ1n) is 7.37. The van der Waals surface area contributed by atoms with Crippen LogP contribution in [-0.4, -0.2) is 47.0 Å². The molecule has 2 N–H and O–H groups in total. The minimum absolute atomic E-state index is 0.322. The zero-order chi connectivity index (χ0) is 15.3. The average Bonchev–Trinajstić information content (AvgIpc) is 2.48. The highest BCUT2D eigenvalue weighted by Gasteiger charge is 2.20. The normalized spacial score (nSPS) is 17.1. The van der Waals surface area contributed by atoms with Crippen LogP contribution >= 0.6 is 0 Å². The van der Waals surface area contributed by atoms with Crippen LogP contribution in [0.3, 0.4) is 0 Å². The third kappa shape index (κ3) is 4.69. The number of benzene rings is 1. The standard InChI is InChI=1S/C15H24N2O3S/c1-21(18,19)15-5-3-13(4-6-15)17-10-7-14(8-11-17)20-12-2-9-16/h3-6,14H,2,7-12,16H2,1H3. The second-order valence-corrected chi connectivity index (χ2v) is 7.48. The molecule has 6 heteroatoms. The first kappa shape index (κ1) is 16.3. The number of nitrogens with zero attached hydrogens (tertiary/aromatic N) is 1. The summed E-state index contributed by atoms with van der Waals surface area (Å²) < 4.78 is 28.7. The summed E-state index contributed by atoms with van der Waals surface area (Å²) in [6.07, 6.45) is 4.46. The van der Waals surface area contributed by atoms with Crippen molar-refractivity contribution in [2.75, 3.05) is 37.4 Å². The van der Waals surface area contributed by atoms with E-state index in [4.69, 9.17) is 10.5 Å². The van der Waals surface area contributed by atoms with Crippen LogP contribution in [0, 0.1) is 0 Å². The number of hydrogen-bond donors (Lipinski definition) is 1. The van der Waals surface area contributed by atoms with Crippen LogP contribution in [-0.2, 0) is 14.6 Å². The zero-order valence-electron chi connectivity index (χ0n) is 12.5. The van der Waals surface area contributed by atoms with E-state index in [9.17, 15) is 8.42 Å². The van der Waals surface area contributed by atoms with E-state index in [2.05, 4.69) is 4.90 Å². The van der Waals surface area contributed by atoms with Crippen molar-refractivity contribution in [3.05, 3.63) is 24.3 Å². The lowest BCUT2D eigenvalue weighted by molar-refractivity contribution is 0.0366. The Bertz CT molecular complexity index is 535. The van der Waals surface area contributed by atoms with Gasteiger partial charge in [-0.2, -0.15) is 0 Å². The number of rotatable bonds is 6. The molecule has 21 heavy (non-hydrogen) atoms. The van der Waals surface area contributed by atoms with Crippen molar-refractivity contribution in [1.82, 2.24) is 0 Å². The van der Waals surface area contributed by atoms with Crippen LogP contribution in [0.25, 0.3) is 0 Å². The van der Waals surface area contributed by atoms with Gasteiger partial charge < -0.3 is 15.4 Å². The fourth-order valence-corrected chi connectivity index (χ4v) is 3.15. The molecule has 0 saturated carbocycles. The van der Waals surface area contributed by atoms with E-state index in [0.717, 1.165) is 44.6 Å². The smallest absolute Gasteiger partial charge is 0.175 e. The van der Waals surface area contributed by atoms with Crippen molar-refractivity contribution >= 4 is 15.5 Å². The lowest BCUT2D eigenvalue weighted by Gasteiger charge is -2.33. The molecular weight excluding hydrogens is 288 g/mol. The lowest BCUT2D eigenvalue weighted by atomic mass is 10.1. The molecule has 1 aromatic carbocycles. The predicted octanol–water partition coefficient (Wildman–Crippen LogP) is 1.42. The van der Waals surface area contributed by atoms with Gasteiger partial charge >= 0.3 is 0 Å². The molecule has 118 valence electrons. The Labute approximate surface area is 127 Å². The van der Waals surface area contributed by atoms with Crippen LogP contribution in [0.1, 0.15) is 19.3 Å². The maximum absolute atomic E-state index is 11.4. The van der Waals surface area contributed by atoms with E-state index in [1.807, 2.05) is 12.1 Å². The van der Waals surface area contributed by atoms with Crippen molar-refractivity contribution < 1.29 is 13.2 Å². The van der Waals surface area contributed by atoms with Gasteiger partial charge in [0.25, 0.3) is 0 Å². The molecule has 5 nitrogen and oxygen atoms in total. The number of anilines is 1. The summed E-state index contributed by atoms with van der Waals surface area (Å²) in [6, 6.07) is 7.11. The van der Waals surface area contributed by atoms with Crippen molar-refractivity contribution in [2.45, 2.75) is 30.3 Å². The highest BCUT2D eigenvalue weighted by molar-refractivity contribution is 7.90. The molecule has 1 heterocycles. The first-order chi connectivity index (χ1) is 10.0. The number of hydrogen-bond acceptors (Lipinski definition) is 5. The highest BCUT2D eigenvalue weighted by atomic mass is 32.2. The molecule has 0 radical (unpaired) electrons. The molecule has 0 spiro atoms. The van der Waals surface area contributed by atoms with Gasteiger partial charge in [-0.05, 0) is 50.1 Å². The Kier molecular flexibility index (Phi) is 5.61. The molecule has 0 unspecified atom stereocenters. The molecule has 0 aromatic heterocycles. The Morgan fingerprint density at radius 3 is 2.38 bits per heavy atom. The van der Waals surface area contributed by atoms with Gasteiger partial charge in [0.15, 0.2) is 9.84 Å². The Morgan fingerprint density at radius 2 is 1.86 bits per heavy atom. The van der Waals surface area contributed by atoms with Crippen LogP contribution < -0.4 is 10.6 Å². The van der Waals surface area contributed by atoms with Gasteiger partial charge in [-0.3, -0.25) is 0 Å². The highest BCUT2D eigenvalue weighted by Crippen LogP contribution is 2.23. The summed E-state index contributed by atoms with van der Waals surface area (Å²) in [5.41, 5.74) is 6.53. The minimum atomic E-state index is -3.12. The minimum Gasteiger partial charge on any atom is -0.378 e. The summed E-state index contributed by atoms with van der Waals surface area (Å²) in [5.74, 6) is 0. The second kappa shape index (κ2) is 7.24. The third-order valence-corrected chi connectivity index (χ3v) is 4.90. The maximum atomic E-state index is 11.4. The number of piperidine rings is 1. The Morgan fingerprint density at radius 1 is 1.24 bits per heavy atom. The molecular formula is C15H24N2O3S. The first-order valence-corrected chi connectivity index (χ1v) is 9.26. The van der Waals surface area contributed by atoms with Crippen molar-refractivity contribution in [2.24, 2.45) is 5.73 Å². The molecule has 1 aromatic rings. The quantitative estimate of drug-likeness (QED) is 0.804. The summed E-state index contributed by atoms with van der Waals surface area (Å²) in [5, 5.41) is 0. The lowest BCUT2D eigenvalue weighted by Crippen LogP contribution is -2.37. The molecule has 0 bridgehead atoms.